The highest BCUT2D eigenvalue weighted by atomic mass is 14.3. The molecule has 0 heteroatoms. The standard InChI is InChI=1S/C22H32/c1-4-5-6-7-8-9-12-19(2)22(3)17-15-20-13-10-11-14-21(20)16-18-22/h10-11,13-19H,4-9,12H2,1-3H3. The maximum absolute atomic E-state index is 2.41. The van der Waals surface area contributed by atoms with E-state index in [0.29, 0.717) is 5.92 Å². The molecule has 0 aliphatic heterocycles. The summed E-state index contributed by atoms with van der Waals surface area (Å²) in [7, 11) is 0. The van der Waals surface area contributed by atoms with Crippen LogP contribution >= 0.6 is 0 Å². The number of rotatable bonds is 8. The average molecular weight is 296 g/mol. The fraction of sp³-hybridized carbons (Fsp3) is 0.545. The van der Waals surface area contributed by atoms with Crippen molar-refractivity contribution in [2.75, 3.05) is 0 Å². The molecule has 0 nitrogen and oxygen atoms in total. The maximum atomic E-state index is 2.41. The molecule has 0 saturated heterocycles. The van der Waals surface area contributed by atoms with Gasteiger partial charge < -0.3 is 0 Å². The van der Waals surface area contributed by atoms with Crippen molar-refractivity contribution in [1.29, 1.82) is 0 Å². The van der Waals surface area contributed by atoms with Crippen LogP contribution in [-0.2, 0) is 0 Å². The number of hydrogen-bond donors (Lipinski definition) is 0. The molecular formula is C22H32. The highest BCUT2D eigenvalue weighted by Crippen LogP contribution is 2.37. The van der Waals surface area contributed by atoms with Crippen LogP contribution in [0.2, 0.25) is 0 Å². The van der Waals surface area contributed by atoms with E-state index >= 15 is 0 Å². The normalized spacial score (nSPS) is 17.0. The number of hydrogen-bond acceptors (Lipinski definition) is 0. The Hall–Kier alpha value is -1.30. The Morgan fingerprint density at radius 2 is 1.41 bits per heavy atom. The second kappa shape index (κ2) is 8.36. The van der Waals surface area contributed by atoms with Gasteiger partial charge in [-0.3, -0.25) is 0 Å². The second-order valence-electron chi connectivity index (χ2n) is 7.12. The first-order chi connectivity index (χ1) is 10.7. The van der Waals surface area contributed by atoms with Crippen LogP contribution in [0.3, 0.4) is 0 Å². The Bertz CT molecular complexity index is 474. The van der Waals surface area contributed by atoms with Crippen LogP contribution < -0.4 is 0 Å². The fourth-order valence-corrected chi connectivity index (χ4v) is 3.28. The molecule has 0 fully saturated rings. The van der Waals surface area contributed by atoms with Crippen molar-refractivity contribution in [2.24, 2.45) is 11.3 Å². The summed E-state index contributed by atoms with van der Waals surface area (Å²) in [6.45, 7) is 7.08. The molecule has 0 radical (unpaired) electrons. The van der Waals surface area contributed by atoms with Gasteiger partial charge in [0.2, 0.25) is 0 Å². The monoisotopic (exact) mass is 296 g/mol. The molecule has 120 valence electrons. The van der Waals surface area contributed by atoms with Crippen LogP contribution in [0, 0.1) is 11.3 Å². The van der Waals surface area contributed by atoms with Crippen LogP contribution in [0.4, 0.5) is 0 Å². The molecule has 0 aromatic heterocycles. The van der Waals surface area contributed by atoms with Crippen molar-refractivity contribution in [3.8, 4) is 0 Å². The number of allylic oxidation sites excluding steroid dienone is 2. The molecule has 1 aromatic rings. The summed E-state index contributed by atoms with van der Waals surface area (Å²) in [5.41, 5.74) is 2.87. The lowest BCUT2D eigenvalue weighted by molar-refractivity contribution is 0.322. The lowest BCUT2D eigenvalue weighted by Gasteiger charge is -2.29. The minimum absolute atomic E-state index is 0.183. The predicted molar refractivity (Wildman–Crippen MR) is 99.8 cm³/mol. The average Bonchev–Trinajstić information content (AvgIpc) is 2.71. The van der Waals surface area contributed by atoms with Gasteiger partial charge in [-0.05, 0) is 23.5 Å². The lowest BCUT2D eigenvalue weighted by Crippen LogP contribution is -2.20. The van der Waals surface area contributed by atoms with Crippen molar-refractivity contribution < 1.29 is 0 Å². The first-order valence-corrected chi connectivity index (χ1v) is 9.13. The van der Waals surface area contributed by atoms with Gasteiger partial charge in [0, 0.05) is 5.41 Å². The molecule has 1 unspecified atom stereocenters. The van der Waals surface area contributed by atoms with Gasteiger partial charge in [0.05, 0.1) is 0 Å². The summed E-state index contributed by atoms with van der Waals surface area (Å²) in [6, 6.07) is 8.67. The van der Waals surface area contributed by atoms with E-state index in [0.717, 1.165) is 0 Å². The van der Waals surface area contributed by atoms with E-state index in [9.17, 15) is 0 Å². The highest BCUT2D eigenvalue weighted by Gasteiger charge is 2.26. The van der Waals surface area contributed by atoms with Crippen molar-refractivity contribution in [2.45, 2.75) is 65.7 Å². The van der Waals surface area contributed by atoms with Crippen molar-refractivity contribution in [1.82, 2.24) is 0 Å². The second-order valence-corrected chi connectivity index (χ2v) is 7.12. The van der Waals surface area contributed by atoms with Gasteiger partial charge in [0.15, 0.2) is 0 Å². The van der Waals surface area contributed by atoms with E-state index in [1.807, 2.05) is 0 Å². The molecular weight excluding hydrogens is 264 g/mol. The third kappa shape index (κ3) is 4.60. The van der Waals surface area contributed by atoms with E-state index in [1.54, 1.807) is 0 Å². The largest absolute Gasteiger partial charge is 0.0739 e. The van der Waals surface area contributed by atoms with Gasteiger partial charge in [0.25, 0.3) is 0 Å². The lowest BCUT2D eigenvalue weighted by atomic mass is 9.75. The molecule has 1 aliphatic rings. The number of fused-ring (bicyclic) bond motifs is 1. The van der Waals surface area contributed by atoms with Gasteiger partial charge in [-0.1, -0.05) is 108 Å². The van der Waals surface area contributed by atoms with Crippen molar-refractivity contribution in [3.05, 3.63) is 47.5 Å². The molecule has 0 spiro atoms. The Morgan fingerprint density at radius 3 is 2.00 bits per heavy atom. The molecule has 0 heterocycles. The van der Waals surface area contributed by atoms with Gasteiger partial charge in [0.1, 0.15) is 0 Å². The highest BCUT2D eigenvalue weighted by molar-refractivity contribution is 5.68. The quantitative estimate of drug-likeness (QED) is 0.448. The minimum atomic E-state index is 0.183. The molecule has 1 atom stereocenters. The molecule has 0 bridgehead atoms. The summed E-state index contributed by atoms with van der Waals surface area (Å²) < 4.78 is 0. The van der Waals surface area contributed by atoms with E-state index in [-0.39, 0.29) is 5.41 Å². The number of unbranched alkanes of at least 4 members (excludes halogenated alkanes) is 5. The zero-order chi connectivity index (χ0) is 15.8. The first kappa shape index (κ1) is 17.1. The minimum Gasteiger partial charge on any atom is -0.0739 e. The molecule has 0 saturated carbocycles. The first-order valence-electron chi connectivity index (χ1n) is 9.13. The van der Waals surface area contributed by atoms with Gasteiger partial charge >= 0.3 is 0 Å². The summed E-state index contributed by atoms with van der Waals surface area (Å²) in [5.74, 6) is 0.695. The smallest absolute Gasteiger partial charge is 0.00649 e. The van der Waals surface area contributed by atoms with Crippen LogP contribution in [-0.4, -0.2) is 0 Å². The van der Waals surface area contributed by atoms with Crippen molar-refractivity contribution >= 4 is 12.2 Å². The van der Waals surface area contributed by atoms with Gasteiger partial charge in [-0.25, -0.2) is 0 Å². The third-order valence-electron chi connectivity index (χ3n) is 5.29. The summed E-state index contributed by atoms with van der Waals surface area (Å²) in [5, 5.41) is 0. The maximum Gasteiger partial charge on any atom is 0.00649 e. The van der Waals surface area contributed by atoms with Gasteiger partial charge in [-0.2, -0.15) is 0 Å². The molecule has 0 amide bonds. The molecule has 2 rings (SSSR count). The van der Waals surface area contributed by atoms with Crippen LogP contribution in [0.25, 0.3) is 12.2 Å². The molecule has 1 aromatic carbocycles. The zero-order valence-corrected chi connectivity index (χ0v) is 14.6. The van der Waals surface area contributed by atoms with Gasteiger partial charge in [-0.15, -0.1) is 0 Å². The van der Waals surface area contributed by atoms with Crippen LogP contribution in [0.5, 0.6) is 0 Å². The van der Waals surface area contributed by atoms with E-state index < -0.39 is 0 Å². The Morgan fingerprint density at radius 1 is 0.864 bits per heavy atom. The van der Waals surface area contributed by atoms with Crippen LogP contribution in [0.15, 0.2) is 36.4 Å². The molecule has 0 N–H and O–H groups in total. The topological polar surface area (TPSA) is 0 Å². The fourth-order valence-electron chi connectivity index (χ4n) is 3.28. The van der Waals surface area contributed by atoms with Crippen molar-refractivity contribution in [3.63, 3.8) is 0 Å². The third-order valence-corrected chi connectivity index (χ3v) is 5.29. The summed E-state index contributed by atoms with van der Waals surface area (Å²) >= 11 is 0. The Balaban J connectivity index is 1.88. The zero-order valence-electron chi connectivity index (χ0n) is 14.6. The molecule has 1 aliphatic carbocycles. The SMILES string of the molecule is CCCCCCCCC(C)C1(C)C=Cc2ccccc2C=C1. The predicted octanol–water partition coefficient (Wildman–Crippen LogP) is 7.12. The van der Waals surface area contributed by atoms with E-state index in [4.69, 9.17) is 0 Å². The summed E-state index contributed by atoms with van der Waals surface area (Å²) in [4.78, 5) is 0. The Labute approximate surface area is 137 Å². The summed E-state index contributed by atoms with van der Waals surface area (Å²) in [6.07, 6.45) is 19.1. The molecule has 22 heavy (non-hydrogen) atoms. The Kier molecular flexibility index (Phi) is 6.49. The van der Waals surface area contributed by atoms with Crippen LogP contribution in [0.1, 0.15) is 76.8 Å². The van der Waals surface area contributed by atoms with E-state index in [2.05, 4.69) is 69.3 Å². The number of benzene rings is 1. The van der Waals surface area contributed by atoms with E-state index in [1.165, 1.54) is 56.1 Å².